The molecule has 0 fully saturated rings. The van der Waals surface area contributed by atoms with Gasteiger partial charge in [0.05, 0.1) is 6.61 Å². The second kappa shape index (κ2) is 7.09. The Morgan fingerprint density at radius 2 is 2.41 bits per heavy atom. The first-order valence-corrected chi connectivity index (χ1v) is 6.27. The van der Waals surface area contributed by atoms with Gasteiger partial charge in [-0.3, -0.25) is 4.79 Å². The third kappa shape index (κ3) is 5.01. The van der Waals surface area contributed by atoms with Gasteiger partial charge in [-0.2, -0.15) is 0 Å². The van der Waals surface area contributed by atoms with E-state index in [1.54, 1.807) is 19.2 Å². The van der Waals surface area contributed by atoms with Gasteiger partial charge >= 0.3 is 0 Å². The minimum absolute atomic E-state index is 0.110. The number of anilines is 1. The number of aliphatic hydroxyl groups is 1. The second-order valence-corrected chi connectivity index (χ2v) is 4.77. The molecule has 1 rings (SSSR count). The minimum atomic E-state index is -0.110. The number of aliphatic hydroxyl groups excluding tert-OH is 1. The molecule has 1 aromatic rings. The van der Waals surface area contributed by atoms with Crippen molar-refractivity contribution in [3.8, 4) is 0 Å². The second-order valence-electron chi connectivity index (χ2n) is 3.50. The molecular formula is C12H16N2O2S. The van der Waals surface area contributed by atoms with Crippen LogP contribution in [0.25, 0.3) is 6.08 Å². The Morgan fingerprint density at radius 1 is 1.65 bits per heavy atom. The van der Waals surface area contributed by atoms with Crippen LogP contribution in [0.1, 0.15) is 24.5 Å². The van der Waals surface area contributed by atoms with E-state index in [9.17, 15) is 4.79 Å². The summed E-state index contributed by atoms with van der Waals surface area (Å²) in [6.07, 6.45) is 6.36. The van der Waals surface area contributed by atoms with Crippen molar-refractivity contribution in [2.75, 3.05) is 11.5 Å². The number of allylic oxidation sites excluding steroid dienone is 1. The maximum atomic E-state index is 10.7. The zero-order chi connectivity index (χ0) is 12.7. The van der Waals surface area contributed by atoms with E-state index in [0.29, 0.717) is 11.4 Å². The Bertz CT molecular complexity index is 419. The number of nitrogens with two attached hydrogens (primary N) is 1. The van der Waals surface area contributed by atoms with Crippen molar-refractivity contribution in [1.82, 2.24) is 4.98 Å². The van der Waals surface area contributed by atoms with Gasteiger partial charge in [0.25, 0.3) is 0 Å². The number of nitrogens with zero attached hydrogens (tertiary/aromatic N) is 1. The average Bonchev–Trinajstić information content (AvgIpc) is 2.30. The molecule has 0 amide bonds. The third-order valence-electron chi connectivity index (χ3n) is 2.09. The normalized spacial score (nSPS) is 10.9. The van der Waals surface area contributed by atoms with Crippen molar-refractivity contribution < 1.29 is 9.90 Å². The molecule has 0 bridgehead atoms. The van der Waals surface area contributed by atoms with E-state index < -0.39 is 0 Å². The molecule has 17 heavy (non-hydrogen) atoms. The first-order valence-electron chi connectivity index (χ1n) is 5.28. The number of hydrogen-bond donors (Lipinski definition) is 2. The van der Waals surface area contributed by atoms with Gasteiger partial charge in [-0.05, 0) is 18.1 Å². The summed E-state index contributed by atoms with van der Waals surface area (Å²) in [4.78, 5) is 14.7. The summed E-state index contributed by atoms with van der Waals surface area (Å²) >= 11 is 1.31. The number of aromatic nitrogens is 1. The van der Waals surface area contributed by atoms with Crippen LogP contribution in [0.15, 0.2) is 18.3 Å². The van der Waals surface area contributed by atoms with E-state index in [1.807, 2.05) is 12.2 Å². The molecule has 3 N–H and O–H groups in total. The number of nitrogen functional groups attached to an aromatic ring is 1. The largest absolute Gasteiger partial charge is 0.392 e. The summed E-state index contributed by atoms with van der Waals surface area (Å²) in [5.74, 6) is 1.14. The highest BCUT2D eigenvalue weighted by atomic mass is 32.2. The van der Waals surface area contributed by atoms with Crippen molar-refractivity contribution in [3.05, 3.63) is 29.5 Å². The van der Waals surface area contributed by atoms with Crippen molar-refractivity contribution in [1.29, 1.82) is 0 Å². The maximum absolute atomic E-state index is 10.7. The van der Waals surface area contributed by atoms with E-state index in [-0.39, 0.29) is 11.7 Å². The van der Waals surface area contributed by atoms with Crippen molar-refractivity contribution in [2.24, 2.45) is 0 Å². The van der Waals surface area contributed by atoms with Crippen LogP contribution in [0.3, 0.4) is 0 Å². The van der Waals surface area contributed by atoms with Crippen LogP contribution in [0, 0.1) is 0 Å². The Labute approximate surface area is 105 Å². The standard InChI is InChI=1S/C12H16N2O2S/c1-9(16)17-5-3-2-4-10-6-11(8-15)12(13)14-7-10/h2,4,6-7,15H,3,5,8H2,1H3,(H2,13,14). The van der Waals surface area contributed by atoms with Crippen molar-refractivity contribution >= 4 is 28.8 Å². The summed E-state index contributed by atoms with van der Waals surface area (Å²) < 4.78 is 0. The van der Waals surface area contributed by atoms with Gasteiger partial charge in [0.2, 0.25) is 0 Å². The predicted octanol–water partition coefficient (Wildman–Crippen LogP) is 1.84. The smallest absolute Gasteiger partial charge is 0.185 e. The molecule has 0 saturated heterocycles. The quantitative estimate of drug-likeness (QED) is 0.782. The summed E-state index contributed by atoms with van der Waals surface area (Å²) in [7, 11) is 0. The fourth-order valence-electron chi connectivity index (χ4n) is 1.25. The third-order valence-corrected chi connectivity index (χ3v) is 2.94. The van der Waals surface area contributed by atoms with Crippen LogP contribution in [0.4, 0.5) is 5.82 Å². The molecule has 5 heteroatoms. The fraction of sp³-hybridized carbons (Fsp3) is 0.333. The SMILES string of the molecule is CC(=O)SCCC=Cc1cnc(N)c(CO)c1. The molecule has 1 aromatic heterocycles. The number of rotatable bonds is 5. The van der Waals surface area contributed by atoms with E-state index >= 15 is 0 Å². The van der Waals surface area contributed by atoms with Gasteiger partial charge in [0.15, 0.2) is 5.12 Å². The Kier molecular flexibility index (Phi) is 5.72. The molecule has 0 spiro atoms. The van der Waals surface area contributed by atoms with Gasteiger partial charge in [-0.15, -0.1) is 0 Å². The number of thioether (sulfide) groups is 1. The summed E-state index contributed by atoms with van der Waals surface area (Å²) in [6.45, 7) is 1.45. The van der Waals surface area contributed by atoms with Crippen molar-refractivity contribution in [2.45, 2.75) is 20.0 Å². The summed E-state index contributed by atoms with van der Waals surface area (Å²) in [5, 5.41) is 9.16. The Morgan fingerprint density at radius 3 is 3.06 bits per heavy atom. The first-order chi connectivity index (χ1) is 8.13. The molecule has 1 heterocycles. The monoisotopic (exact) mass is 252 g/mol. The maximum Gasteiger partial charge on any atom is 0.185 e. The molecule has 0 aliphatic carbocycles. The molecule has 0 saturated carbocycles. The molecule has 0 aliphatic rings. The molecule has 0 radical (unpaired) electrons. The lowest BCUT2D eigenvalue weighted by Crippen LogP contribution is -1.97. The lowest BCUT2D eigenvalue weighted by molar-refractivity contribution is -0.109. The zero-order valence-corrected chi connectivity index (χ0v) is 10.5. The lowest BCUT2D eigenvalue weighted by atomic mass is 10.2. The highest BCUT2D eigenvalue weighted by Crippen LogP contribution is 2.12. The number of pyridine rings is 1. The summed E-state index contributed by atoms with van der Waals surface area (Å²) in [5.41, 5.74) is 7.10. The van der Waals surface area contributed by atoms with Gasteiger partial charge in [0, 0.05) is 24.4 Å². The van der Waals surface area contributed by atoms with Crippen molar-refractivity contribution in [3.63, 3.8) is 0 Å². The van der Waals surface area contributed by atoms with Crippen LogP contribution >= 0.6 is 11.8 Å². The average molecular weight is 252 g/mol. The molecule has 4 nitrogen and oxygen atoms in total. The highest BCUT2D eigenvalue weighted by Gasteiger charge is 1.99. The van der Waals surface area contributed by atoms with Crippen LogP contribution in [0.2, 0.25) is 0 Å². The molecule has 0 unspecified atom stereocenters. The summed E-state index contributed by atoms with van der Waals surface area (Å²) in [6, 6.07) is 1.80. The molecule has 0 aromatic carbocycles. The highest BCUT2D eigenvalue weighted by molar-refractivity contribution is 8.13. The van der Waals surface area contributed by atoms with E-state index in [0.717, 1.165) is 17.7 Å². The first kappa shape index (κ1) is 13.7. The predicted molar refractivity (Wildman–Crippen MR) is 71.4 cm³/mol. The van der Waals surface area contributed by atoms with Crippen LogP contribution in [-0.2, 0) is 11.4 Å². The molecule has 92 valence electrons. The van der Waals surface area contributed by atoms with Crippen LogP contribution in [0.5, 0.6) is 0 Å². The van der Waals surface area contributed by atoms with Gasteiger partial charge < -0.3 is 10.8 Å². The van der Waals surface area contributed by atoms with E-state index in [2.05, 4.69) is 4.98 Å². The molecule has 0 aliphatic heterocycles. The van der Waals surface area contributed by atoms with E-state index in [1.165, 1.54) is 11.8 Å². The van der Waals surface area contributed by atoms with E-state index in [4.69, 9.17) is 10.8 Å². The van der Waals surface area contributed by atoms with Crippen LogP contribution < -0.4 is 5.73 Å². The molecular weight excluding hydrogens is 236 g/mol. The van der Waals surface area contributed by atoms with Gasteiger partial charge in [-0.25, -0.2) is 4.98 Å². The number of carbonyl (C=O) groups is 1. The zero-order valence-electron chi connectivity index (χ0n) is 9.72. The lowest BCUT2D eigenvalue weighted by Gasteiger charge is -2.01. The van der Waals surface area contributed by atoms with Gasteiger partial charge in [0.1, 0.15) is 5.82 Å². The van der Waals surface area contributed by atoms with Gasteiger partial charge in [-0.1, -0.05) is 23.9 Å². The topological polar surface area (TPSA) is 76.2 Å². The Balaban J connectivity index is 2.50. The minimum Gasteiger partial charge on any atom is -0.392 e. The number of carbonyl (C=O) groups excluding carboxylic acids is 1. The molecule has 0 atom stereocenters. The fourth-order valence-corrected chi connectivity index (χ4v) is 1.79. The Hall–Kier alpha value is -1.33. The van der Waals surface area contributed by atoms with Crippen LogP contribution in [-0.4, -0.2) is 21.0 Å². The number of hydrogen-bond acceptors (Lipinski definition) is 5.